The molecule has 0 aliphatic carbocycles. The Morgan fingerprint density at radius 2 is 1.75 bits per heavy atom. The Bertz CT molecular complexity index is 1440. The van der Waals surface area contributed by atoms with Crippen LogP contribution < -0.4 is 16.2 Å². The third-order valence-electron chi connectivity index (χ3n) is 5.66. The number of benzene rings is 2. The van der Waals surface area contributed by atoms with Crippen molar-refractivity contribution < 1.29 is 19.1 Å². The number of nitrogens with one attached hydrogen (secondary N) is 3. The summed E-state index contributed by atoms with van der Waals surface area (Å²) in [5.74, 6) is -1.29. The monoisotopic (exact) mass is 432 g/mol. The van der Waals surface area contributed by atoms with E-state index in [1.165, 1.54) is 28.8 Å². The topological polar surface area (TPSA) is 116 Å². The van der Waals surface area contributed by atoms with Crippen molar-refractivity contribution in [1.29, 1.82) is 0 Å². The van der Waals surface area contributed by atoms with Crippen LogP contribution in [0.15, 0.2) is 71.8 Å². The summed E-state index contributed by atoms with van der Waals surface area (Å²) >= 11 is 0. The maximum atomic E-state index is 13.6. The molecule has 2 aromatic heterocycles. The SMILES string of the molecule is O=C1NC(=O)[C@](Cn2cc3ccc(F)cc3c2O)(c2ccc(-c3cc[nH]c(=O)c3)cc2)N1. The van der Waals surface area contributed by atoms with Crippen LogP contribution in [0.1, 0.15) is 5.56 Å². The Labute approximate surface area is 180 Å². The van der Waals surface area contributed by atoms with Crippen LogP contribution in [0.3, 0.4) is 0 Å². The molecule has 1 aliphatic heterocycles. The predicted octanol–water partition coefficient (Wildman–Crippen LogP) is 2.58. The number of hydrogen-bond donors (Lipinski definition) is 4. The largest absolute Gasteiger partial charge is 0.494 e. The summed E-state index contributed by atoms with van der Waals surface area (Å²) in [6.07, 6.45) is 3.13. The molecule has 1 fully saturated rings. The third kappa shape index (κ3) is 3.11. The molecule has 160 valence electrons. The highest BCUT2D eigenvalue weighted by atomic mass is 19.1. The number of halogens is 1. The highest BCUT2D eigenvalue weighted by molar-refractivity contribution is 6.07. The van der Waals surface area contributed by atoms with Crippen LogP contribution in [0.25, 0.3) is 21.9 Å². The number of rotatable bonds is 4. The molecule has 2 aromatic carbocycles. The van der Waals surface area contributed by atoms with Gasteiger partial charge < -0.3 is 20.0 Å². The molecular formula is C23H17FN4O4. The molecule has 0 spiro atoms. The van der Waals surface area contributed by atoms with Gasteiger partial charge in [-0.15, -0.1) is 0 Å². The van der Waals surface area contributed by atoms with E-state index in [2.05, 4.69) is 15.6 Å². The molecule has 3 heterocycles. The molecule has 9 heteroatoms. The van der Waals surface area contributed by atoms with Crippen LogP contribution in [-0.4, -0.2) is 26.6 Å². The average Bonchev–Trinajstić information content (AvgIpc) is 3.24. The number of amides is 3. The summed E-state index contributed by atoms with van der Waals surface area (Å²) in [4.78, 5) is 39.1. The van der Waals surface area contributed by atoms with Crippen LogP contribution in [-0.2, 0) is 16.9 Å². The molecule has 1 saturated heterocycles. The lowest BCUT2D eigenvalue weighted by molar-refractivity contribution is -0.124. The second-order valence-electron chi connectivity index (χ2n) is 7.64. The number of hydrogen-bond acceptors (Lipinski definition) is 4. The van der Waals surface area contributed by atoms with Gasteiger partial charge in [-0.1, -0.05) is 24.3 Å². The van der Waals surface area contributed by atoms with Gasteiger partial charge >= 0.3 is 6.03 Å². The van der Waals surface area contributed by atoms with Crippen molar-refractivity contribution in [3.8, 4) is 17.0 Å². The zero-order chi connectivity index (χ0) is 22.5. The fraction of sp³-hybridized carbons (Fsp3) is 0.0870. The first-order chi connectivity index (χ1) is 15.4. The first-order valence-electron chi connectivity index (χ1n) is 9.76. The second-order valence-corrected chi connectivity index (χ2v) is 7.64. The average molecular weight is 432 g/mol. The number of fused-ring (bicyclic) bond motifs is 1. The second kappa shape index (κ2) is 7.09. The first kappa shape index (κ1) is 19.6. The maximum Gasteiger partial charge on any atom is 0.322 e. The molecule has 1 aliphatic rings. The number of aromatic nitrogens is 2. The third-order valence-corrected chi connectivity index (χ3v) is 5.66. The lowest BCUT2D eigenvalue weighted by atomic mass is 9.88. The predicted molar refractivity (Wildman–Crippen MR) is 114 cm³/mol. The summed E-state index contributed by atoms with van der Waals surface area (Å²) in [5, 5.41) is 16.4. The summed E-state index contributed by atoms with van der Waals surface area (Å²) in [6.45, 7) is -0.114. The van der Waals surface area contributed by atoms with E-state index in [1.807, 2.05) is 0 Å². The van der Waals surface area contributed by atoms with Crippen molar-refractivity contribution in [2.24, 2.45) is 0 Å². The van der Waals surface area contributed by atoms with Crippen LogP contribution in [0.5, 0.6) is 5.88 Å². The number of carbonyl (C=O) groups is 2. The highest BCUT2D eigenvalue weighted by Gasteiger charge is 2.48. The van der Waals surface area contributed by atoms with Gasteiger partial charge in [-0.05, 0) is 41.0 Å². The van der Waals surface area contributed by atoms with Gasteiger partial charge in [0.15, 0.2) is 11.4 Å². The summed E-state index contributed by atoms with van der Waals surface area (Å²) in [7, 11) is 0. The molecule has 1 atom stereocenters. The number of pyridine rings is 1. The molecule has 4 aromatic rings. The minimum atomic E-state index is -1.49. The minimum absolute atomic E-state index is 0.114. The van der Waals surface area contributed by atoms with E-state index in [9.17, 15) is 23.9 Å². The van der Waals surface area contributed by atoms with Crippen molar-refractivity contribution in [3.63, 3.8) is 0 Å². The molecule has 0 bridgehead atoms. The Morgan fingerprint density at radius 1 is 0.969 bits per heavy atom. The van der Waals surface area contributed by atoms with E-state index in [-0.39, 0.29) is 18.0 Å². The van der Waals surface area contributed by atoms with E-state index in [1.54, 1.807) is 42.7 Å². The fourth-order valence-electron chi connectivity index (χ4n) is 4.06. The Balaban J connectivity index is 1.58. The molecule has 4 N–H and O–H groups in total. The highest BCUT2D eigenvalue weighted by Crippen LogP contribution is 2.34. The Hall–Kier alpha value is -4.40. The zero-order valence-electron chi connectivity index (χ0n) is 16.6. The number of aromatic hydroxyl groups is 1. The van der Waals surface area contributed by atoms with E-state index < -0.39 is 23.3 Å². The normalized spacial score (nSPS) is 18.0. The van der Waals surface area contributed by atoms with Gasteiger partial charge in [0.05, 0.1) is 6.54 Å². The summed E-state index contributed by atoms with van der Waals surface area (Å²) < 4.78 is 15.0. The molecule has 0 radical (unpaired) electrons. The zero-order valence-corrected chi connectivity index (χ0v) is 16.6. The van der Waals surface area contributed by atoms with E-state index in [0.717, 1.165) is 5.56 Å². The van der Waals surface area contributed by atoms with Gasteiger partial charge in [0, 0.05) is 29.2 Å². The summed E-state index contributed by atoms with van der Waals surface area (Å²) in [5.41, 5.74) is 0.208. The maximum absolute atomic E-state index is 13.6. The number of H-pyrrole nitrogens is 1. The lowest BCUT2D eigenvalue weighted by Crippen LogP contribution is -2.47. The van der Waals surface area contributed by atoms with E-state index in [0.29, 0.717) is 21.9 Å². The van der Waals surface area contributed by atoms with Crippen molar-refractivity contribution in [2.45, 2.75) is 12.1 Å². The van der Waals surface area contributed by atoms with Crippen molar-refractivity contribution in [3.05, 3.63) is 88.7 Å². The van der Waals surface area contributed by atoms with E-state index in [4.69, 9.17) is 0 Å². The van der Waals surface area contributed by atoms with Crippen molar-refractivity contribution >= 4 is 22.7 Å². The van der Waals surface area contributed by atoms with Gasteiger partial charge in [0.1, 0.15) is 5.82 Å². The number of nitrogens with zero attached hydrogens (tertiary/aromatic N) is 1. The van der Waals surface area contributed by atoms with Crippen LogP contribution >= 0.6 is 0 Å². The molecular weight excluding hydrogens is 415 g/mol. The minimum Gasteiger partial charge on any atom is -0.494 e. The van der Waals surface area contributed by atoms with Crippen LogP contribution in [0, 0.1) is 5.82 Å². The van der Waals surface area contributed by atoms with Crippen LogP contribution in [0.4, 0.5) is 9.18 Å². The lowest BCUT2D eigenvalue weighted by Gasteiger charge is -2.27. The molecule has 32 heavy (non-hydrogen) atoms. The van der Waals surface area contributed by atoms with Gasteiger partial charge in [-0.25, -0.2) is 9.18 Å². The van der Waals surface area contributed by atoms with Gasteiger partial charge in [0.25, 0.3) is 5.91 Å². The number of carbonyl (C=O) groups excluding carboxylic acids is 2. The summed E-state index contributed by atoms with van der Waals surface area (Å²) in [6, 6.07) is 13.4. The molecule has 5 rings (SSSR count). The van der Waals surface area contributed by atoms with E-state index >= 15 is 0 Å². The van der Waals surface area contributed by atoms with Gasteiger partial charge in [-0.3, -0.25) is 14.9 Å². The number of urea groups is 1. The Kier molecular flexibility index (Phi) is 4.33. The molecule has 0 unspecified atom stereocenters. The molecule has 3 amide bonds. The number of aromatic amines is 1. The molecule has 0 saturated carbocycles. The van der Waals surface area contributed by atoms with Gasteiger partial charge in [-0.2, -0.15) is 0 Å². The number of imide groups is 1. The first-order valence-corrected chi connectivity index (χ1v) is 9.76. The van der Waals surface area contributed by atoms with Crippen molar-refractivity contribution in [1.82, 2.24) is 20.2 Å². The molecule has 8 nitrogen and oxygen atoms in total. The smallest absolute Gasteiger partial charge is 0.322 e. The Morgan fingerprint density at radius 3 is 2.44 bits per heavy atom. The quantitative estimate of drug-likeness (QED) is 0.371. The standard InChI is InChI=1S/C23H17FN4O4/c24-17-6-3-15-11-28(20(30)18(15)10-17)12-23(21(31)26-22(32)27-23)16-4-1-13(2-5-16)14-7-8-25-19(29)9-14/h1-11,30H,12H2,(H,25,29)(H2,26,27,31,32)/t23-/m0/s1. The van der Waals surface area contributed by atoms with Gasteiger partial charge in [0.2, 0.25) is 5.56 Å². The van der Waals surface area contributed by atoms with Crippen LogP contribution in [0.2, 0.25) is 0 Å². The van der Waals surface area contributed by atoms with Crippen molar-refractivity contribution in [2.75, 3.05) is 0 Å². The fourth-order valence-corrected chi connectivity index (χ4v) is 4.06.